The molecular formula is C16H21N5. The van der Waals surface area contributed by atoms with Crippen LogP contribution < -0.4 is 10.6 Å². The molecule has 2 rings (SSSR count). The molecule has 0 unspecified atom stereocenters. The van der Waals surface area contributed by atoms with Crippen molar-refractivity contribution in [1.82, 2.24) is 9.97 Å². The van der Waals surface area contributed by atoms with E-state index in [1.54, 1.807) is 0 Å². The molecule has 0 saturated carbocycles. The van der Waals surface area contributed by atoms with E-state index >= 15 is 0 Å². The topological polar surface area (TPSA) is 78.9 Å². The predicted octanol–water partition coefficient (Wildman–Crippen LogP) is 2.40. The summed E-state index contributed by atoms with van der Waals surface area (Å²) in [5.74, 6) is 0.779. The summed E-state index contributed by atoms with van der Waals surface area (Å²) in [6.07, 6.45) is 0. The third kappa shape index (κ3) is 3.56. The number of amidine groups is 1. The van der Waals surface area contributed by atoms with Crippen molar-refractivity contribution in [2.24, 2.45) is 5.73 Å². The fourth-order valence-corrected chi connectivity index (χ4v) is 2.21. The van der Waals surface area contributed by atoms with Crippen molar-refractivity contribution < 1.29 is 0 Å². The number of hydrogen-bond donors (Lipinski definition) is 2. The fourth-order valence-electron chi connectivity index (χ4n) is 2.21. The maximum absolute atomic E-state index is 7.72. The molecule has 0 aliphatic carbocycles. The van der Waals surface area contributed by atoms with Gasteiger partial charge in [0.1, 0.15) is 11.7 Å². The molecule has 0 spiro atoms. The summed E-state index contributed by atoms with van der Waals surface area (Å²) in [6.45, 7) is 7.39. The lowest BCUT2D eigenvalue weighted by Crippen LogP contribution is -2.27. The molecule has 0 fully saturated rings. The number of nitrogens with two attached hydrogens (primary N) is 1. The van der Waals surface area contributed by atoms with Gasteiger partial charge in [0.25, 0.3) is 0 Å². The van der Waals surface area contributed by atoms with Crippen LogP contribution in [-0.2, 0) is 6.54 Å². The van der Waals surface area contributed by atoms with E-state index in [4.69, 9.17) is 11.1 Å². The normalized spacial score (nSPS) is 10.4. The van der Waals surface area contributed by atoms with E-state index in [-0.39, 0.29) is 5.84 Å². The highest BCUT2D eigenvalue weighted by molar-refractivity contribution is 5.99. The van der Waals surface area contributed by atoms with E-state index in [1.165, 1.54) is 0 Å². The molecule has 0 aliphatic heterocycles. The Labute approximate surface area is 125 Å². The summed E-state index contributed by atoms with van der Waals surface area (Å²) < 4.78 is 0. The van der Waals surface area contributed by atoms with Crippen LogP contribution in [-0.4, -0.2) is 22.3 Å². The number of nitrogen functional groups attached to an aromatic ring is 1. The number of aryl methyl sites for hydroxylation is 2. The van der Waals surface area contributed by atoms with Crippen molar-refractivity contribution in [2.75, 3.05) is 11.4 Å². The smallest absolute Gasteiger partial charge is 0.140 e. The number of anilines is 1. The second-order valence-electron chi connectivity index (χ2n) is 5.02. The second-order valence-corrected chi connectivity index (χ2v) is 5.02. The van der Waals surface area contributed by atoms with Gasteiger partial charge in [0, 0.05) is 17.9 Å². The average molecular weight is 283 g/mol. The van der Waals surface area contributed by atoms with E-state index in [0.717, 1.165) is 29.4 Å². The Morgan fingerprint density at radius 3 is 2.48 bits per heavy atom. The first-order valence-corrected chi connectivity index (χ1v) is 7.00. The first kappa shape index (κ1) is 15.0. The van der Waals surface area contributed by atoms with Crippen molar-refractivity contribution in [3.05, 3.63) is 53.0 Å². The molecule has 3 N–H and O–H groups in total. The van der Waals surface area contributed by atoms with Crippen molar-refractivity contribution in [3.63, 3.8) is 0 Å². The van der Waals surface area contributed by atoms with Crippen LogP contribution in [0.2, 0.25) is 0 Å². The van der Waals surface area contributed by atoms with Crippen molar-refractivity contribution >= 4 is 11.7 Å². The summed E-state index contributed by atoms with van der Waals surface area (Å²) in [5.41, 5.74) is 9.22. The van der Waals surface area contributed by atoms with Gasteiger partial charge in [-0.2, -0.15) is 0 Å². The van der Waals surface area contributed by atoms with Gasteiger partial charge in [-0.1, -0.05) is 6.07 Å². The van der Waals surface area contributed by atoms with E-state index in [0.29, 0.717) is 12.1 Å². The van der Waals surface area contributed by atoms with Gasteiger partial charge in [-0.15, -0.1) is 0 Å². The second kappa shape index (κ2) is 6.35. The van der Waals surface area contributed by atoms with Crippen LogP contribution in [0.15, 0.2) is 30.3 Å². The number of pyridine rings is 2. The van der Waals surface area contributed by atoms with Crippen molar-refractivity contribution in [3.8, 4) is 0 Å². The van der Waals surface area contributed by atoms with E-state index in [2.05, 4.69) is 21.8 Å². The lowest BCUT2D eigenvalue weighted by Gasteiger charge is -2.24. The summed E-state index contributed by atoms with van der Waals surface area (Å²) in [6, 6.07) is 9.71. The molecule has 2 heterocycles. The van der Waals surface area contributed by atoms with E-state index in [9.17, 15) is 0 Å². The number of aromatic nitrogens is 2. The maximum atomic E-state index is 7.72. The molecular weight excluding hydrogens is 262 g/mol. The Morgan fingerprint density at radius 1 is 1.14 bits per heavy atom. The molecule has 0 saturated heterocycles. The zero-order chi connectivity index (χ0) is 15.4. The van der Waals surface area contributed by atoms with Crippen LogP contribution in [0.25, 0.3) is 0 Å². The molecule has 0 radical (unpaired) electrons. The molecule has 0 amide bonds. The Bertz CT molecular complexity index is 651. The quantitative estimate of drug-likeness (QED) is 0.652. The zero-order valence-electron chi connectivity index (χ0n) is 12.7. The summed E-state index contributed by atoms with van der Waals surface area (Å²) in [7, 11) is 0. The summed E-state index contributed by atoms with van der Waals surface area (Å²) in [4.78, 5) is 11.2. The van der Waals surface area contributed by atoms with Gasteiger partial charge in [-0.3, -0.25) is 10.4 Å². The maximum Gasteiger partial charge on any atom is 0.140 e. The molecule has 0 atom stereocenters. The molecule has 0 aromatic carbocycles. The van der Waals surface area contributed by atoms with E-state index in [1.807, 2.05) is 44.2 Å². The van der Waals surface area contributed by atoms with Crippen LogP contribution in [0.1, 0.15) is 29.6 Å². The van der Waals surface area contributed by atoms with Gasteiger partial charge in [-0.05, 0) is 45.0 Å². The Hall–Kier alpha value is -2.43. The van der Waals surface area contributed by atoms with Crippen molar-refractivity contribution in [2.45, 2.75) is 27.3 Å². The fraction of sp³-hybridized carbons (Fsp3) is 0.312. The van der Waals surface area contributed by atoms with Crippen LogP contribution in [0, 0.1) is 19.3 Å². The Kier molecular flexibility index (Phi) is 4.52. The summed E-state index contributed by atoms with van der Waals surface area (Å²) in [5, 5.41) is 7.72. The molecule has 2 aromatic heterocycles. The zero-order valence-corrected chi connectivity index (χ0v) is 12.7. The first-order chi connectivity index (χ1) is 10.0. The van der Waals surface area contributed by atoms with Crippen LogP contribution in [0.3, 0.4) is 0 Å². The number of nitrogens with one attached hydrogen (secondary N) is 1. The third-order valence-corrected chi connectivity index (χ3v) is 3.28. The molecule has 5 heteroatoms. The molecule has 2 aromatic rings. The lowest BCUT2D eigenvalue weighted by molar-refractivity contribution is 0.787. The van der Waals surface area contributed by atoms with Crippen LogP contribution in [0.4, 0.5) is 5.82 Å². The van der Waals surface area contributed by atoms with Gasteiger partial charge in [-0.25, -0.2) is 4.98 Å². The van der Waals surface area contributed by atoms with Crippen LogP contribution in [0.5, 0.6) is 0 Å². The highest BCUT2D eigenvalue weighted by Gasteiger charge is 2.15. The first-order valence-electron chi connectivity index (χ1n) is 7.00. The van der Waals surface area contributed by atoms with Gasteiger partial charge in [0.2, 0.25) is 0 Å². The monoisotopic (exact) mass is 283 g/mol. The molecule has 0 aliphatic rings. The highest BCUT2D eigenvalue weighted by Crippen LogP contribution is 2.20. The minimum Gasteiger partial charge on any atom is -0.384 e. The largest absolute Gasteiger partial charge is 0.384 e. The van der Waals surface area contributed by atoms with Gasteiger partial charge in [0.15, 0.2) is 0 Å². The summed E-state index contributed by atoms with van der Waals surface area (Å²) >= 11 is 0. The molecule has 21 heavy (non-hydrogen) atoms. The average Bonchev–Trinajstić information content (AvgIpc) is 2.44. The van der Waals surface area contributed by atoms with Gasteiger partial charge < -0.3 is 10.6 Å². The SMILES string of the molecule is CCN(Cc1cccc(C)n1)c1nc(C)ccc1C(=N)N. The third-order valence-electron chi connectivity index (χ3n) is 3.28. The predicted molar refractivity (Wildman–Crippen MR) is 85.7 cm³/mol. The van der Waals surface area contributed by atoms with Gasteiger partial charge in [0.05, 0.1) is 17.8 Å². The number of hydrogen-bond acceptors (Lipinski definition) is 4. The lowest BCUT2D eigenvalue weighted by atomic mass is 10.2. The molecule has 5 nitrogen and oxygen atoms in total. The molecule has 110 valence electrons. The minimum atomic E-state index is 0.0353. The standard InChI is InChI=1S/C16H21N5/c1-4-21(10-13-7-5-6-11(2)19-13)16-14(15(17)18)9-8-12(3)20-16/h5-9H,4,10H2,1-3H3,(H3,17,18). The Morgan fingerprint density at radius 2 is 1.86 bits per heavy atom. The van der Waals surface area contributed by atoms with Gasteiger partial charge >= 0.3 is 0 Å². The van der Waals surface area contributed by atoms with Crippen molar-refractivity contribution in [1.29, 1.82) is 5.41 Å². The molecule has 0 bridgehead atoms. The van der Waals surface area contributed by atoms with E-state index < -0.39 is 0 Å². The van der Waals surface area contributed by atoms with Crippen LogP contribution >= 0.6 is 0 Å². The number of nitrogens with zero attached hydrogens (tertiary/aromatic N) is 3. The Balaban J connectivity index is 2.37. The highest BCUT2D eigenvalue weighted by atomic mass is 15.2. The minimum absolute atomic E-state index is 0.0353. The number of rotatable bonds is 5.